The highest BCUT2D eigenvalue weighted by Gasteiger charge is 2.10. The van der Waals surface area contributed by atoms with Crippen LogP contribution in [0.2, 0.25) is 0 Å². The zero-order valence-corrected chi connectivity index (χ0v) is 9.82. The molecule has 0 spiro atoms. The highest BCUT2D eigenvalue weighted by atomic mass is 16.3. The molecule has 0 amide bonds. The van der Waals surface area contributed by atoms with Crippen LogP contribution in [0.1, 0.15) is 17.4 Å². The predicted molar refractivity (Wildman–Crippen MR) is 63.2 cm³/mol. The molecule has 3 N–H and O–H groups in total. The molecule has 1 atom stereocenters. The average molecular weight is 235 g/mol. The number of nitrogens with zero attached hydrogens (tertiary/aromatic N) is 4. The van der Waals surface area contributed by atoms with Gasteiger partial charge in [0.1, 0.15) is 0 Å². The molecule has 6 nitrogen and oxygen atoms in total. The second-order valence-electron chi connectivity index (χ2n) is 4.00. The van der Waals surface area contributed by atoms with Crippen LogP contribution in [-0.4, -0.2) is 31.0 Å². The van der Waals surface area contributed by atoms with Crippen LogP contribution in [0.25, 0.3) is 0 Å². The van der Waals surface area contributed by atoms with Gasteiger partial charge in [-0.05, 0) is 6.07 Å². The largest absolute Gasteiger partial charge is 0.394 e. The number of aliphatic hydroxyl groups is 1. The molecule has 92 valence electrons. The SMILES string of the molecule is Cn1nccc1CCn1cncc1C(N)CO. The summed E-state index contributed by atoms with van der Waals surface area (Å²) in [5.41, 5.74) is 7.80. The molecule has 2 heterocycles. The maximum atomic E-state index is 9.05. The monoisotopic (exact) mass is 235 g/mol. The first-order chi connectivity index (χ1) is 8.22. The average Bonchev–Trinajstić information content (AvgIpc) is 2.94. The molecule has 2 aromatic heterocycles. The summed E-state index contributed by atoms with van der Waals surface area (Å²) in [6, 6.07) is 1.62. The summed E-state index contributed by atoms with van der Waals surface area (Å²) in [5, 5.41) is 13.2. The van der Waals surface area contributed by atoms with Gasteiger partial charge in [-0.15, -0.1) is 0 Å². The molecule has 0 aliphatic rings. The van der Waals surface area contributed by atoms with Crippen LogP contribution in [0.3, 0.4) is 0 Å². The lowest BCUT2D eigenvalue weighted by molar-refractivity contribution is 0.263. The molecule has 6 heteroatoms. The highest BCUT2D eigenvalue weighted by molar-refractivity contribution is 5.06. The summed E-state index contributed by atoms with van der Waals surface area (Å²) in [6.45, 7) is 0.708. The summed E-state index contributed by atoms with van der Waals surface area (Å²) in [4.78, 5) is 4.06. The zero-order valence-electron chi connectivity index (χ0n) is 9.82. The molecule has 0 bridgehead atoms. The van der Waals surface area contributed by atoms with Crippen LogP contribution in [0, 0.1) is 0 Å². The van der Waals surface area contributed by atoms with E-state index in [2.05, 4.69) is 10.1 Å². The number of hydrogen-bond donors (Lipinski definition) is 2. The first kappa shape index (κ1) is 11.8. The molecule has 0 aliphatic carbocycles. The first-order valence-electron chi connectivity index (χ1n) is 5.55. The Bertz CT molecular complexity index is 476. The Morgan fingerprint density at radius 1 is 1.53 bits per heavy atom. The van der Waals surface area contributed by atoms with Crippen molar-refractivity contribution < 1.29 is 5.11 Å². The van der Waals surface area contributed by atoms with E-state index in [0.717, 1.165) is 24.4 Å². The van der Waals surface area contributed by atoms with E-state index < -0.39 is 0 Å². The van der Waals surface area contributed by atoms with E-state index in [4.69, 9.17) is 10.8 Å². The molecule has 0 aliphatic heterocycles. The van der Waals surface area contributed by atoms with E-state index in [1.165, 1.54) is 0 Å². The molecular weight excluding hydrogens is 218 g/mol. The minimum atomic E-state index is -0.371. The van der Waals surface area contributed by atoms with Gasteiger partial charge in [0.05, 0.1) is 24.7 Å². The predicted octanol–water partition coefficient (Wildman–Crippen LogP) is -0.149. The van der Waals surface area contributed by atoms with Crippen molar-refractivity contribution >= 4 is 0 Å². The number of rotatable bonds is 5. The van der Waals surface area contributed by atoms with Crippen LogP contribution in [0.4, 0.5) is 0 Å². The van der Waals surface area contributed by atoms with Crippen molar-refractivity contribution in [2.24, 2.45) is 12.8 Å². The van der Waals surface area contributed by atoms with Crippen molar-refractivity contribution in [3.63, 3.8) is 0 Å². The van der Waals surface area contributed by atoms with Crippen LogP contribution in [0.15, 0.2) is 24.8 Å². The van der Waals surface area contributed by atoms with Gasteiger partial charge < -0.3 is 15.4 Å². The van der Waals surface area contributed by atoms with Crippen molar-refractivity contribution in [2.75, 3.05) is 6.61 Å². The van der Waals surface area contributed by atoms with E-state index in [1.807, 2.05) is 22.4 Å². The van der Waals surface area contributed by atoms with Gasteiger partial charge in [-0.25, -0.2) is 4.98 Å². The molecule has 0 aromatic carbocycles. The third-order valence-electron chi connectivity index (χ3n) is 2.85. The van der Waals surface area contributed by atoms with Gasteiger partial charge in [-0.2, -0.15) is 5.10 Å². The van der Waals surface area contributed by atoms with Gasteiger partial charge in [0.15, 0.2) is 0 Å². The summed E-state index contributed by atoms with van der Waals surface area (Å²) in [7, 11) is 1.92. The topological polar surface area (TPSA) is 81.9 Å². The molecule has 2 aromatic rings. The van der Waals surface area contributed by atoms with Crippen molar-refractivity contribution in [1.82, 2.24) is 19.3 Å². The summed E-state index contributed by atoms with van der Waals surface area (Å²) < 4.78 is 3.82. The molecule has 0 fully saturated rings. The lowest BCUT2D eigenvalue weighted by Gasteiger charge is -2.12. The third-order valence-corrected chi connectivity index (χ3v) is 2.85. The quantitative estimate of drug-likeness (QED) is 0.755. The Morgan fingerprint density at radius 3 is 3.00 bits per heavy atom. The number of nitrogens with two attached hydrogens (primary N) is 1. The van der Waals surface area contributed by atoms with Crippen molar-refractivity contribution in [1.29, 1.82) is 0 Å². The minimum Gasteiger partial charge on any atom is -0.394 e. The molecule has 0 saturated heterocycles. The van der Waals surface area contributed by atoms with Gasteiger partial charge in [-0.3, -0.25) is 4.68 Å². The molecule has 0 radical (unpaired) electrons. The zero-order chi connectivity index (χ0) is 12.3. The second-order valence-corrected chi connectivity index (χ2v) is 4.00. The van der Waals surface area contributed by atoms with Gasteiger partial charge >= 0.3 is 0 Å². The van der Waals surface area contributed by atoms with Gasteiger partial charge in [-0.1, -0.05) is 0 Å². The van der Waals surface area contributed by atoms with Crippen molar-refractivity contribution in [3.05, 3.63) is 36.2 Å². The Morgan fingerprint density at radius 2 is 2.35 bits per heavy atom. The van der Waals surface area contributed by atoms with E-state index in [9.17, 15) is 0 Å². The van der Waals surface area contributed by atoms with Gasteiger partial charge in [0.25, 0.3) is 0 Å². The third kappa shape index (κ3) is 2.54. The molecule has 17 heavy (non-hydrogen) atoms. The number of hydrogen-bond acceptors (Lipinski definition) is 4. The summed E-state index contributed by atoms with van der Waals surface area (Å²) in [5.74, 6) is 0. The number of aromatic nitrogens is 4. The molecule has 2 rings (SSSR count). The lowest BCUT2D eigenvalue weighted by atomic mass is 10.2. The fraction of sp³-hybridized carbons (Fsp3) is 0.455. The molecular formula is C11H17N5O. The van der Waals surface area contributed by atoms with Crippen molar-refractivity contribution in [3.8, 4) is 0 Å². The van der Waals surface area contributed by atoms with E-state index >= 15 is 0 Å². The Balaban J connectivity index is 2.04. The normalized spacial score (nSPS) is 12.9. The van der Waals surface area contributed by atoms with Crippen LogP contribution < -0.4 is 5.73 Å². The van der Waals surface area contributed by atoms with E-state index in [-0.39, 0.29) is 12.6 Å². The van der Waals surface area contributed by atoms with Crippen molar-refractivity contribution in [2.45, 2.75) is 19.0 Å². The smallest absolute Gasteiger partial charge is 0.0948 e. The Labute approximate surface area is 99.7 Å². The number of aliphatic hydroxyl groups excluding tert-OH is 1. The number of imidazole rings is 1. The minimum absolute atomic E-state index is 0.0720. The first-order valence-corrected chi connectivity index (χ1v) is 5.55. The van der Waals surface area contributed by atoms with Gasteiger partial charge in [0, 0.05) is 38.1 Å². The fourth-order valence-corrected chi connectivity index (χ4v) is 1.80. The maximum Gasteiger partial charge on any atom is 0.0948 e. The highest BCUT2D eigenvalue weighted by Crippen LogP contribution is 2.10. The van der Waals surface area contributed by atoms with E-state index in [0.29, 0.717) is 0 Å². The van der Waals surface area contributed by atoms with Crippen LogP contribution >= 0.6 is 0 Å². The molecule has 1 unspecified atom stereocenters. The Hall–Kier alpha value is -1.66. The van der Waals surface area contributed by atoms with Crippen LogP contribution in [-0.2, 0) is 20.0 Å². The standard InChI is InChI=1S/C11H17N5O/c1-15-9(2-4-14-15)3-5-16-8-13-6-11(16)10(12)7-17/h2,4,6,8,10,17H,3,5,7,12H2,1H3. The maximum absolute atomic E-state index is 9.05. The van der Waals surface area contributed by atoms with E-state index in [1.54, 1.807) is 18.7 Å². The fourth-order valence-electron chi connectivity index (χ4n) is 1.80. The molecule has 0 saturated carbocycles. The van der Waals surface area contributed by atoms with Gasteiger partial charge in [0.2, 0.25) is 0 Å². The van der Waals surface area contributed by atoms with Crippen LogP contribution in [0.5, 0.6) is 0 Å². The second kappa shape index (κ2) is 5.11. The summed E-state index contributed by atoms with van der Waals surface area (Å²) >= 11 is 0. The summed E-state index contributed by atoms with van der Waals surface area (Å²) in [6.07, 6.45) is 6.08. The number of aryl methyl sites for hydroxylation is 3. The Kier molecular flexibility index (Phi) is 3.55. The lowest BCUT2D eigenvalue weighted by Crippen LogP contribution is -2.19.